The topological polar surface area (TPSA) is 92.2 Å². The third kappa shape index (κ3) is 3.96. The van der Waals surface area contributed by atoms with Gasteiger partial charge in [-0.1, -0.05) is 11.8 Å². The lowest BCUT2D eigenvalue weighted by atomic mass is 10.2. The van der Waals surface area contributed by atoms with E-state index in [4.69, 9.17) is 0 Å². The molecule has 1 atom stereocenters. The Bertz CT molecular complexity index is 1050. The first-order valence-electron chi connectivity index (χ1n) is 8.30. The number of carbonyl (C=O) groups excluding carboxylic acids is 2. The van der Waals surface area contributed by atoms with Crippen molar-refractivity contribution in [1.29, 1.82) is 0 Å². The number of aryl methyl sites for hydroxylation is 3. The Kier molecular flexibility index (Phi) is 5.48. The van der Waals surface area contributed by atoms with Crippen molar-refractivity contribution in [3.05, 3.63) is 40.0 Å². The van der Waals surface area contributed by atoms with Crippen LogP contribution in [0, 0.1) is 20.8 Å². The summed E-state index contributed by atoms with van der Waals surface area (Å²) in [7, 11) is 0. The molecule has 2 heterocycles. The summed E-state index contributed by atoms with van der Waals surface area (Å²) in [5, 5.41) is 13.9. The van der Waals surface area contributed by atoms with E-state index in [9.17, 15) is 14.7 Å². The minimum Gasteiger partial charge on any atom is -0.506 e. The molecule has 27 heavy (non-hydrogen) atoms. The van der Waals surface area contributed by atoms with Crippen LogP contribution >= 0.6 is 23.1 Å². The summed E-state index contributed by atoms with van der Waals surface area (Å²) in [6.45, 7) is 7.69. The summed E-state index contributed by atoms with van der Waals surface area (Å²) >= 11 is 2.97. The number of anilines is 1. The van der Waals surface area contributed by atoms with E-state index in [1.807, 2.05) is 20.8 Å². The summed E-state index contributed by atoms with van der Waals surface area (Å²) in [5.74, 6) is 0.290. The van der Waals surface area contributed by atoms with Crippen molar-refractivity contribution in [1.82, 2.24) is 9.97 Å². The monoisotopic (exact) mass is 401 g/mol. The fourth-order valence-corrected chi connectivity index (χ4v) is 4.77. The summed E-state index contributed by atoms with van der Waals surface area (Å²) < 4.78 is 0. The van der Waals surface area contributed by atoms with Crippen LogP contribution in [0.4, 0.5) is 5.69 Å². The van der Waals surface area contributed by atoms with Crippen molar-refractivity contribution in [3.8, 4) is 5.75 Å². The van der Waals surface area contributed by atoms with Crippen LogP contribution in [0.5, 0.6) is 5.75 Å². The Morgan fingerprint density at radius 1 is 1.30 bits per heavy atom. The van der Waals surface area contributed by atoms with E-state index < -0.39 is 5.25 Å². The van der Waals surface area contributed by atoms with Gasteiger partial charge in [0.2, 0.25) is 5.91 Å². The number of rotatable bonds is 5. The normalized spacial score (nSPS) is 12.1. The van der Waals surface area contributed by atoms with Crippen LogP contribution in [-0.2, 0) is 4.79 Å². The number of thiophene rings is 1. The number of benzene rings is 1. The third-order valence-electron chi connectivity index (χ3n) is 4.18. The summed E-state index contributed by atoms with van der Waals surface area (Å²) in [6, 6.07) is 4.31. The summed E-state index contributed by atoms with van der Waals surface area (Å²) in [5.41, 5.74) is 1.71. The largest absolute Gasteiger partial charge is 0.506 e. The summed E-state index contributed by atoms with van der Waals surface area (Å²) in [4.78, 5) is 34.6. The van der Waals surface area contributed by atoms with Crippen LogP contribution in [0.3, 0.4) is 0 Å². The number of amides is 1. The standard InChI is InChI=1S/C19H19N3O3S2/c1-9-10(2)26-18-16(9)19(21-12(4)20-18)27-11(3)17(25)22-14-7-13(8-23)5-6-15(14)24/h5-8,11,24H,1-4H3,(H,22,25). The molecule has 2 aromatic heterocycles. The smallest absolute Gasteiger partial charge is 0.237 e. The Labute approximate surface area is 165 Å². The fourth-order valence-electron chi connectivity index (χ4n) is 2.58. The van der Waals surface area contributed by atoms with Crippen LogP contribution in [0.2, 0.25) is 0 Å². The van der Waals surface area contributed by atoms with Crippen molar-refractivity contribution in [2.75, 3.05) is 5.32 Å². The van der Waals surface area contributed by atoms with Gasteiger partial charge in [0.05, 0.1) is 10.9 Å². The molecule has 0 saturated heterocycles. The lowest BCUT2D eigenvalue weighted by molar-refractivity contribution is -0.115. The molecule has 0 radical (unpaired) electrons. The number of fused-ring (bicyclic) bond motifs is 1. The molecule has 1 unspecified atom stereocenters. The van der Waals surface area contributed by atoms with Gasteiger partial charge in [-0.15, -0.1) is 11.3 Å². The molecule has 0 aliphatic heterocycles. The number of carbonyl (C=O) groups is 2. The first-order valence-corrected chi connectivity index (χ1v) is 9.99. The van der Waals surface area contributed by atoms with Gasteiger partial charge in [0.1, 0.15) is 27.7 Å². The van der Waals surface area contributed by atoms with Crippen LogP contribution in [0.1, 0.15) is 33.5 Å². The molecule has 0 aliphatic carbocycles. The molecule has 3 rings (SSSR count). The van der Waals surface area contributed by atoms with Gasteiger partial charge in [0.15, 0.2) is 0 Å². The molecule has 3 aromatic rings. The van der Waals surface area contributed by atoms with E-state index in [0.717, 1.165) is 20.8 Å². The highest BCUT2D eigenvalue weighted by atomic mass is 32.2. The van der Waals surface area contributed by atoms with E-state index in [2.05, 4.69) is 15.3 Å². The second-order valence-electron chi connectivity index (χ2n) is 6.18. The molecule has 0 spiro atoms. The minimum atomic E-state index is -0.457. The molecule has 0 aliphatic rings. The number of hydrogen-bond acceptors (Lipinski definition) is 7. The first-order chi connectivity index (χ1) is 12.8. The average molecular weight is 402 g/mol. The molecule has 0 bridgehead atoms. The lowest BCUT2D eigenvalue weighted by Gasteiger charge is -2.14. The van der Waals surface area contributed by atoms with Crippen molar-refractivity contribution >= 4 is 51.2 Å². The Hall–Kier alpha value is -2.45. The zero-order chi connectivity index (χ0) is 19.7. The van der Waals surface area contributed by atoms with Gasteiger partial charge >= 0.3 is 0 Å². The van der Waals surface area contributed by atoms with Gasteiger partial charge in [-0.3, -0.25) is 9.59 Å². The molecular weight excluding hydrogens is 382 g/mol. The van der Waals surface area contributed by atoms with Gasteiger partial charge in [0, 0.05) is 15.8 Å². The molecule has 140 valence electrons. The summed E-state index contributed by atoms with van der Waals surface area (Å²) in [6.07, 6.45) is 0.662. The number of thioether (sulfide) groups is 1. The highest BCUT2D eigenvalue weighted by Gasteiger charge is 2.21. The number of hydrogen-bond donors (Lipinski definition) is 2. The van der Waals surface area contributed by atoms with E-state index in [-0.39, 0.29) is 17.3 Å². The highest BCUT2D eigenvalue weighted by Crippen LogP contribution is 2.37. The van der Waals surface area contributed by atoms with Gasteiger partial charge in [-0.25, -0.2) is 9.97 Å². The van der Waals surface area contributed by atoms with E-state index in [0.29, 0.717) is 17.7 Å². The van der Waals surface area contributed by atoms with Crippen molar-refractivity contribution in [3.63, 3.8) is 0 Å². The van der Waals surface area contributed by atoms with E-state index in [1.54, 1.807) is 18.3 Å². The number of nitrogens with one attached hydrogen (secondary N) is 1. The zero-order valence-corrected chi connectivity index (χ0v) is 17.0. The van der Waals surface area contributed by atoms with Gasteiger partial charge in [-0.05, 0) is 51.5 Å². The van der Waals surface area contributed by atoms with Gasteiger partial charge in [-0.2, -0.15) is 0 Å². The second-order valence-corrected chi connectivity index (χ2v) is 8.72. The predicted molar refractivity (Wildman–Crippen MR) is 109 cm³/mol. The number of phenols is 1. The number of aromatic nitrogens is 2. The number of phenolic OH excluding ortho intramolecular Hbond substituents is 1. The average Bonchev–Trinajstić information content (AvgIpc) is 2.90. The zero-order valence-electron chi connectivity index (χ0n) is 15.4. The quantitative estimate of drug-likeness (QED) is 0.287. The maximum Gasteiger partial charge on any atom is 0.237 e. The molecule has 0 fully saturated rings. The number of aldehydes is 1. The minimum absolute atomic E-state index is 0.0873. The van der Waals surface area contributed by atoms with Crippen molar-refractivity contribution in [2.24, 2.45) is 0 Å². The van der Waals surface area contributed by atoms with Crippen LogP contribution in [-0.4, -0.2) is 32.5 Å². The Morgan fingerprint density at radius 3 is 2.74 bits per heavy atom. The molecule has 8 heteroatoms. The van der Waals surface area contributed by atoms with Crippen LogP contribution < -0.4 is 5.32 Å². The van der Waals surface area contributed by atoms with Crippen molar-refractivity contribution in [2.45, 2.75) is 38.0 Å². The molecule has 2 N–H and O–H groups in total. The maximum atomic E-state index is 12.6. The molecular formula is C19H19N3O3S2. The molecule has 0 saturated carbocycles. The maximum absolute atomic E-state index is 12.6. The fraction of sp³-hybridized carbons (Fsp3) is 0.263. The van der Waals surface area contributed by atoms with E-state index in [1.165, 1.54) is 34.8 Å². The number of nitrogens with zero attached hydrogens (tertiary/aromatic N) is 2. The molecule has 1 amide bonds. The molecule has 6 nitrogen and oxygen atoms in total. The van der Waals surface area contributed by atoms with Gasteiger partial charge < -0.3 is 10.4 Å². The SMILES string of the molecule is Cc1nc(SC(C)C(=O)Nc2cc(C=O)ccc2O)c2c(C)c(C)sc2n1. The molecule has 1 aromatic carbocycles. The van der Waals surface area contributed by atoms with Gasteiger partial charge in [0.25, 0.3) is 0 Å². The van der Waals surface area contributed by atoms with Crippen LogP contribution in [0.25, 0.3) is 10.2 Å². The lowest BCUT2D eigenvalue weighted by Crippen LogP contribution is -2.22. The Balaban J connectivity index is 1.85. The van der Waals surface area contributed by atoms with Crippen molar-refractivity contribution < 1.29 is 14.7 Å². The van der Waals surface area contributed by atoms with Crippen LogP contribution in [0.15, 0.2) is 23.2 Å². The third-order valence-corrected chi connectivity index (χ3v) is 6.37. The second kappa shape index (κ2) is 7.66. The Morgan fingerprint density at radius 2 is 2.04 bits per heavy atom. The number of aromatic hydroxyl groups is 1. The van der Waals surface area contributed by atoms with E-state index >= 15 is 0 Å². The first kappa shape index (κ1) is 19.3. The highest BCUT2D eigenvalue weighted by molar-refractivity contribution is 8.00. The predicted octanol–water partition coefficient (Wildman–Crippen LogP) is 4.25.